The van der Waals surface area contributed by atoms with Gasteiger partial charge < -0.3 is 15.8 Å². The zero-order chi connectivity index (χ0) is 27.5. The Morgan fingerprint density at radius 1 is 1.02 bits per heavy atom. The number of pyridine rings is 1. The first-order valence-corrected chi connectivity index (χ1v) is 12.9. The van der Waals surface area contributed by atoms with Gasteiger partial charge in [0.15, 0.2) is 0 Å². The molecular weight excluding hydrogens is 512 g/mol. The first-order chi connectivity index (χ1) is 19.4. The summed E-state index contributed by atoms with van der Waals surface area (Å²) in [5.74, 6) is -0.576. The smallest absolute Gasteiger partial charge is 0.265 e. The Kier molecular flexibility index (Phi) is 5.50. The van der Waals surface area contributed by atoms with Crippen LogP contribution >= 0.6 is 0 Å². The van der Waals surface area contributed by atoms with Crippen molar-refractivity contribution in [1.82, 2.24) is 19.5 Å². The number of nitrogens with two attached hydrogens (primary N) is 1. The number of fused-ring (bicyclic) bond motifs is 2. The maximum Gasteiger partial charge on any atom is 0.265 e. The third kappa shape index (κ3) is 3.94. The third-order valence-electron chi connectivity index (χ3n) is 7.49. The molecule has 4 N–H and O–H groups in total. The van der Waals surface area contributed by atoms with E-state index in [-0.39, 0.29) is 17.2 Å². The van der Waals surface area contributed by atoms with Crippen LogP contribution in [0.4, 0.5) is 14.7 Å². The van der Waals surface area contributed by atoms with Gasteiger partial charge in [0.05, 0.1) is 23.4 Å². The SMILES string of the molecule is Nc1nc(-c2cccc(-n3ccc4cc(C5CC5)cc(F)c4c3=O)c2CO)c2cc(-c3cccc(F)c3)[nH]c2n1. The van der Waals surface area contributed by atoms with Crippen molar-refractivity contribution in [3.63, 3.8) is 0 Å². The maximum atomic E-state index is 15.2. The lowest BCUT2D eigenvalue weighted by atomic mass is 10.00. The number of hydrogen-bond donors (Lipinski definition) is 3. The Morgan fingerprint density at radius 2 is 1.85 bits per heavy atom. The van der Waals surface area contributed by atoms with E-state index in [0.29, 0.717) is 56.1 Å². The maximum absolute atomic E-state index is 15.2. The Labute approximate surface area is 226 Å². The first-order valence-electron chi connectivity index (χ1n) is 12.9. The van der Waals surface area contributed by atoms with Gasteiger partial charge in [-0.05, 0) is 66.1 Å². The molecule has 0 unspecified atom stereocenters. The van der Waals surface area contributed by atoms with Crippen molar-refractivity contribution in [3.8, 4) is 28.2 Å². The van der Waals surface area contributed by atoms with E-state index >= 15 is 4.39 Å². The lowest BCUT2D eigenvalue weighted by Gasteiger charge is -2.16. The molecule has 0 spiro atoms. The number of anilines is 1. The van der Waals surface area contributed by atoms with E-state index in [0.717, 1.165) is 18.4 Å². The minimum absolute atomic E-state index is 0.000216. The van der Waals surface area contributed by atoms with Crippen LogP contribution in [-0.2, 0) is 6.61 Å². The zero-order valence-corrected chi connectivity index (χ0v) is 21.2. The van der Waals surface area contributed by atoms with Crippen LogP contribution in [-0.4, -0.2) is 24.6 Å². The molecule has 0 aliphatic heterocycles. The summed E-state index contributed by atoms with van der Waals surface area (Å²) < 4.78 is 30.4. The summed E-state index contributed by atoms with van der Waals surface area (Å²) in [6.45, 7) is -0.425. The van der Waals surface area contributed by atoms with Gasteiger partial charge in [-0.25, -0.2) is 13.8 Å². The van der Waals surface area contributed by atoms with Crippen LogP contribution in [0.5, 0.6) is 0 Å². The summed E-state index contributed by atoms with van der Waals surface area (Å²) in [5, 5.41) is 11.7. The van der Waals surface area contributed by atoms with Crippen LogP contribution < -0.4 is 11.3 Å². The fourth-order valence-electron chi connectivity index (χ4n) is 5.42. The van der Waals surface area contributed by atoms with Crippen molar-refractivity contribution >= 4 is 27.8 Å². The van der Waals surface area contributed by atoms with Crippen LogP contribution in [0.15, 0.2) is 77.7 Å². The number of benzene rings is 3. The predicted molar refractivity (Wildman–Crippen MR) is 150 cm³/mol. The van der Waals surface area contributed by atoms with Crippen molar-refractivity contribution in [2.45, 2.75) is 25.4 Å². The number of rotatable bonds is 5. The van der Waals surface area contributed by atoms with Gasteiger partial charge in [0.1, 0.15) is 17.3 Å². The molecular formula is C31H23F2N5O2. The standard InChI is InChI=1S/C31H23F2N5O2/c32-20-4-1-3-17(12-20)25-14-22-28(36-31(34)37-29(22)35-25)21-5-2-6-26(23(21)15-39)38-10-9-18-11-19(16-7-8-16)13-24(33)27(18)30(38)40/h1-6,9-14,16,39H,7-8,15H2,(H3,34,35,36,37). The monoisotopic (exact) mass is 535 g/mol. The van der Waals surface area contributed by atoms with E-state index in [9.17, 15) is 14.3 Å². The van der Waals surface area contributed by atoms with Gasteiger partial charge in [-0.1, -0.05) is 30.3 Å². The van der Waals surface area contributed by atoms with Crippen molar-refractivity contribution in [1.29, 1.82) is 0 Å². The average molecular weight is 536 g/mol. The largest absolute Gasteiger partial charge is 0.392 e. The average Bonchev–Trinajstić information content (AvgIpc) is 3.71. The molecule has 198 valence electrons. The number of aliphatic hydroxyl groups is 1. The van der Waals surface area contributed by atoms with Crippen LogP contribution in [0.2, 0.25) is 0 Å². The lowest BCUT2D eigenvalue weighted by molar-refractivity contribution is 0.282. The molecule has 9 heteroatoms. The molecule has 1 saturated carbocycles. The Bertz CT molecular complexity index is 2030. The molecule has 3 aromatic carbocycles. The molecule has 1 aliphatic rings. The molecule has 7 nitrogen and oxygen atoms in total. The molecule has 1 aliphatic carbocycles. The highest BCUT2D eigenvalue weighted by molar-refractivity contribution is 5.96. The second-order valence-corrected chi connectivity index (χ2v) is 10.1. The van der Waals surface area contributed by atoms with Gasteiger partial charge in [0.2, 0.25) is 5.95 Å². The van der Waals surface area contributed by atoms with Crippen molar-refractivity contribution < 1.29 is 13.9 Å². The molecule has 40 heavy (non-hydrogen) atoms. The fourth-order valence-corrected chi connectivity index (χ4v) is 5.42. The molecule has 3 heterocycles. The minimum atomic E-state index is -0.553. The molecule has 3 aromatic heterocycles. The highest BCUT2D eigenvalue weighted by Crippen LogP contribution is 2.41. The molecule has 0 saturated heterocycles. The highest BCUT2D eigenvalue weighted by Gasteiger charge is 2.25. The normalized spacial score (nSPS) is 13.4. The number of nitrogens with one attached hydrogen (secondary N) is 1. The Hall–Kier alpha value is -4.89. The molecule has 0 atom stereocenters. The quantitative estimate of drug-likeness (QED) is 0.258. The topological polar surface area (TPSA) is 110 Å². The summed E-state index contributed by atoms with van der Waals surface area (Å²) in [4.78, 5) is 25.5. The highest BCUT2D eigenvalue weighted by atomic mass is 19.1. The second kappa shape index (κ2) is 9.10. The first kappa shape index (κ1) is 24.2. The van der Waals surface area contributed by atoms with Crippen molar-refractivity contribution in [3.05, 3.63) is 106 Å². The summed E-state index contributed by atoms with van der Waals surface area (Å²) in [6, 6.07) is 18.2. The van der Waals surface area contributed by atoms with Crippen LogP contribution in [0.25, 0.3) is 50.0 Å². The van der Waals surface area contributed by atoms with Crippen molar-refractivity contribution in [2.24, 2.45) is 0 Å². The molecule has 0 radical (unpaired) electrons. The van der Waals surface area contributed by atoms with E-state index < -0.39 is 18.0 Å². The summed E-state index contributed by atoms with van der Waals surface area (Å²) in [7, 11) is 0. The Balaban J connectivity index is 1.41. The van der Waals surface area contributed by atoms with E-state index in [1.165, 1.54) is 22.8 Å². The van der Waals surface area contributed by atoms with E-state index in [1.807, 2.05) is 6.07 Å². The molecule has 0 amide bonds. The van der Waals surface area contributed by atoms with Crippen LogP contribution in [0, 0.1) is 11.6 Å². The molecule has 6 aromatic rings. The number of nitrogen functional groups attached to an aromatic ring is 1. The van der Waals surface area contributed by atoms with Gasteiger partial charge in [-0.3, -0.25) is 9.36 Å². The van der Waals surface area contributed by atoms with Crippen LogP contribution in [0.3, 0.4) is 0 Å². The number of halogens is 2. The molecule has 7 rings (SSSR count). The number of aromatic amines is 1. The van der Waals surface area contributed by atoms with Gasteiger partial charge in [-0.2, -0.15) is 4.98 Å². The minimum Gasteiger partial charge on any atom is -0.392 e. The van der Waals surface area contributed by atoms with Crippen LogP contribution in [0.1, 0.15) is 29.9 Å². The summed E-state index contributed by atoms with van der Waals surface area (Å²) in [6.07, 6.45) is 3.65. The fraction of sp³-hybridized carbons (Fsp3) is 0.129. The molecule has 1 fully saturated rings. The van der Waals surface area contributed by atoms with Gasteiger partial charge >= 0.3 is 0 Å². The third-order valence-corrected chi connectivity index (χ3v) is 7.49. The second-order valence-electron chi connectivity index (χ2n) is 10.1. The number of aromatic nitrogens is 4. The van der Waals surface area contributed by atoms with E-state index in [1.54, 1.807) is 48.7 Å². The number of aliphatic hydroxyl groups excluding tert-OH is 1. The predicted octanol–water partition coefficient (Wildman–Crippen LogP) is 5.83. The number of nitrogens with zero attached hydrogens (tertiary/aromatic N) is 3. The number of H-pyrrole nitrogens is 1. The van der Waals surface area contributed by atoms with Gasteiger partial charge in [0, 0.05) is 34.0 Å². The van der Waals surface area contributed by atoms with Gasteiger partial charge in [0.25, 0.3) is 5.56 Å². The van der Waals surface area contributed by atoms with Gasteiger partial charge in [-0.15, -0.1) is 0 Å². The zero-order valence-electron chi connectivity index (χ0n) is 21.2. The van der Waals surface area contributed by atoms with E-state index in [2.05, 4.69) is 15.0 Å². The number of hydrogen-bond acceptors (Lipinski definition) is 5. The molecule has 0 bridgehead atoms. The van der Waals surface area contributed by atoms with Crippen molar-refractivity contribution in [2.75, 3.05) is 5.73 Å². The lowest BCUT2D eigenvalue weighted by Crippen LogP contribution is -2.20. The Morgan fingerprint density at radius 3 is 2.62 bits per heavy atom. The summed E-state index contributed by atoms with van der Waals surface area (Å²) in [5.41, 5.74) is 9.88. The summed E-state index contributed by atoms with van der Waals surface area (Å²) >= 11 is 0. The van der Waals surface area contributed by atoms with E-state index in [4.69, 9.17) is 5.73 Å².